The van der Waals surface area contributed by atoms with Gasteiger partial charge in [0, 0.05) is 43.7 Å². The van der Waals surface area contributed by atoms with E-state index < -0.39 is 17.7 Å². The minimum Gasteiger partial charge on any atom is -0.444 e. The molecule has 0 spiro atoms. The van der Waals surface area contributed by atoms with E-state index in [2.05, 4.69) is 25.7 Å². The predicted molar refractivity (Wildman–Crippen MR) is 154 cm³/mol. The quantitative estimate of drug-likeness (QED) is 0.411. The molecule has 2 amide bonds. The number of benzene rings is 2. The minimum atomic E-state index is -0.669. The van der Waals surface area contributed by atoms with Gasteiger partial charge in [-0.15, -0.1) is 0 Å². The first-order chi connectivity index (χ1) is 18.4. The SMILES string of the molecule is CC(C)[C@H](C)c1cccc(F)c1N1CCN(C(=O)C2C(c3ccc(Cl)cc3)CCN2C(=O)OC(C)(C)C)CC1. The summed E-state index contributed by atoms with van der Waals surface area (Å²) in [4.78, 5) is 32.7. The molecule has 2 unspecified atom stereocenters. The third kappa shape index (κ3) is 6.51. The van der Waals surface area contributed by atoms with Crippen LogP contribution in [-0.4, -0.2) is 66.2 Å². The van der Waals surface area contributed by atoms with E-state index in [1.54, 1.807) is 11.0 Å². The van der Waals surface area contributed by atoms with E-state index in [4.69, 9.17) is 16.3 Å². The van der Waals surface area contributed by atoms with Crippen molar-refractivity contribution in [2.24, 2.45) is 5.92 Å². The third-order valence-electron chi connectivity index (χ3n) is 7.99. The summed E-state index contributed by atoms with van der Waals surface area (Å²) in [6.07, 6.45) is 0.178. The van der Waals surface area contributed by atoms with Crippen molar-refractivity contribution in [2.45, 2.75) is 71.4 Å². The zero-order valence-electron chi connectivity index (χ0n) is 23.9. The van der Waals surface area contributed by atoms with Crippen molar-refractivity contribution in [1.82, 2.24) is 9.80 Å². The highest BCUT2D eigenvalue weighted by Gasteiger charge is 2.46. The Morgan fingerprint density at radius 2 is 1.62 bits per heavy atom. The molecule has 4 rings (SSSR count). The Hall–Kier alpha value is -2.80. The van der Waals surface area contributed by atoms with Crippen LogP contribution in [0.15, 0.2) is 42.5 Å². The highest BCUT2D eigenvalue weighted by Crippen LogP contribution is 2.38. The van der Waals surface area contributed by atoms with Gasteiger partial charge in [-0.25, -0.2) is 9.18 Å². The average Bonchev–Trinajstić information content (AvgIpc) is 3.32. The molecule has 0 radical (unpaired) electrons. The van der Waals surface area contributed by atoms with Crippen LogP contribution < -0.4 is 4.90 Å². The second-order valence-electron chi connectivity index (χ2n) is 12.1. The lowest BCUT2D eigenvalue weighted by Gasteiger charge is -2.40. The fraction of sp³-hybridized carbons (Fsp3) is 0.548. The first-order valence-electron chi connectivity index (χ1n) is 13.9. The van der Waals surface area contributed by atoms with Gasteiger partial charge < -0.3 is 14.5 Å². The number of carbonyl (C=O) groups excluding carboxylic acids is 2. The second kappa shape index (κ2) is 11.7. The molecule has 6 nitrogen and oxygen atoms in total. The summed E-state index contributed by atoms with van der Waals surface area (Å²) in [6.45, 7) is 14.3. The van der Waals surface area contributed by atoms with Crippen LogP contribution >= 0.6 is 11.6 Å². The number of carbonyl (C=O) groups is 2. The van der Waals surface area contributed by atoms with Gasteiger partial charge >= 0.3 is 6.09 Å². The van der Waals surface area contributed by atoms with Crippen LogP contribution in [0, 0.1) is 11.7 Å². The van der Waals surface area contributed by atoms with Gasteiger partial charge in [0.1, 0.15) is 17.5 Å². The molecule has 0 saturated carbocycles. The molecule has 2 heterocycles. The number of para-hydroxylation sites is 1. The average molecular weight is 558 g/mol. The standard InChI is InChI=1S/C31H41ClFN3O3/c1-20(2)21(3)24-8-7-9-26(33)27(24)34-16-18-35(19-17-34)29(37)28-25(22-10-12-23(32)13-11-22)14-15-36(28)30(38)39-31(4,5)6/h7-13,20-21,25,28H,14-19H2,1-6H3/t21-,25?,28?/m0/s1. The molecule has 2 aromatic carbocycles. The number of halogens is 2. The van der Waals surface area contributed by atoms with Crippen molar-refractivity contribution in [1.29, 1.82) is 0 Å². The summed E-state index contributed by atoms with van der Waals surface area (Å²) in [5.41, 5.74) is 1.95. The van der Waals surface area contributed by atoms with Gasteiger partial charge in [0.15, 0.2) is 0 Å². The Morgan fingerprint density at radius 1 is 0.974 bits per heavy atom. The van der Waals surface area contributed by atoms with Crippen LogP contribution in [0.5, 0.6) is 0 Å². The fourth-order valence-corrected chi connectivity index (χ4v) is 5.74. The molecule has 212 valence electrons. The van der Waals surface area contributed by atoms with Gasteiger partial charge in [0.05, 0.1) is 5.69 Å². The van der Waals surface area contributed by atoms with Crippen molar-refractivity contribution >= 4 is 29.3 Å². The maximum absolute atomic E-state index is 15.1. The van der Waals surface area contributed by atoms with Gasteiger partial charge in [0.2, 0.25) is 5.91 Å². The number of anilines is 1. The Morgan fingerprint density at radius 3 is 2.21 bits per heavy atom. The van der Waals surface area contributed by atoms with Crippen molar-refractivity contribution in [2.75, 3.05) is 37.6 Å². The number of nitrogens with zero attached hydrogens (tertiary/aromatic N) is 3. The molecule has 0 aromatic heterocycles. The summed E-state index contributed by atoms with van der Waals surface area (Å²) >= 11 is 6.12. The van der Waals surface area contributed by atoms with Crippen LogP contribution in [0.3, 0.4) is 0 Å². The van der Waals surface area contributed by atoms with E-state index in [-0.39, 0.29) is 23.6 Å². The number of likely N-dealkylation sites (tertiary alicyclic amines) is 1. The summed E-state index contributed by atoms with van der Waals surface area (Å²) < 4.78 is 20.8. The first kappa shape index (κ1) is 29.2. The number of ether oxygens (including phenoxy) is 1. The smallest absolute Gasteiger partial charge is 0.410 e. The molecule has 0 bridgehead atoms. The van der Waals surface area contributed by atoms with Crippen molar-refractivity contribution in [3.05, 3.63) is 64.4 Å². The Balaban J connectivity index is 1.55. The maximum atomic E-state index is 15.1. The molecule has 2 aliphatic heterocycles. The summed E-state index contributed by atoms with van der Waals surface area (Å²) in [5, 5.41) is 0.624. The second-order valence-corrected chi connectivity index (χ2v) is 12.5. The van der Waals surface area contributed by atoms with E-state index in [0.717, 1.165) is 11.1 Å². The van der Waals surface area contributed by atoms with Crippen LogP contribution in [0.4, 0.5) is 14.9 Å². The normalized spacial score (nSPS) is 20.9. The predicted octanol–water partition coefficient (Wildman–Crippen LogP) is 6.68. The molecule has 2 aliphatic rings. The van der Waals surface area contributed by atoms with Gasteiger partial charge in [-0.1, -0.05) is 56.6 Å². The Labute approximate surface area is 237 Å². The van der Waals surface area contributed by atoms with Gasteiger partial charge in [-0.05, 0) is 68.4 Å². The van der Waals surface area contributed by atoms with Crippen LogP contribution in [-0.2, 0) is 9.53 Å². The van der Waals surface area contributed by atoms with E-state index in [9.17, 15) is 9.59 Å². The summed E-state index contributed by atoms with van der Waals surface area (Å²) in [6, 6.07) is 12.1. The maximum Gasteiger partial charge on any atom is 0.410 e. The number of hydrogen-bond acceptors (Lipinski definition) is 4. The molecule has 0 N–H and O–H groups in total. The highest BCUT2D eigenvalue weighted by molar-refractivity contribution is 6.30. The number of hydrogen-bond donors (Lipinski definition) is 0. The summed E-state index contributed by atoms with van der Waals surface area (Å²) in [7, 11) is 0. The van der Waals surface area contributed by atoms with Crippen LogP contribution in [0.25, 0.3) is 0 Å². The summed E-state index contributed by atoms with van der Waals surface area (Å²) in [5.74, 6) is 0.0953. The zero-order valence-corrected chi connectivity index (χ0v) is 24.7. The molecule has 2 saturated heterocycles. The molecule has 39 heavy (non-hydrogen) atoms. The van der Waals surface area contributed by atoms with E-state index in [1.807, 2.05) is 56.0 Å². The number of rotatable bonds is 5. The molecule has 0 aliphatic carbocycles. The van der Waals surface area contributed by atoms with E-state index >= 15 is 4.39 Å². The third-order valence-corrected chi connectivity index (χ3v) is 8.25. The number of piperazine rings is 1. The molecule has 2 fully saturated rings. The fourth-order valence-electron chi connectivity index (χ4n) is 5.61. The largest absolute Gasteiger partial charge is 0.444 e. The highest BCUT2D eigenvalue weighted by atomic mass is 35.5. The van der Waals surface area contributed by atoms with Gasteiger partial charge in [-0.2, -0.15) is 0 Å². The van der Waals surface area contributed by atoms with Crippen LogP contribution in [0.2, 0.25) is 5.02 Å². The van der Waals surface area contributed by atoms with E-state index in [1.165, 1.54) is 6.07 Å². The lowest BCUT2D eigenvalue weighted by molar-refractivity contribution is -0.136. The zero-order chi connectivity index (χ0) is 28.5. The van der Waals surface area contributed by atoms with Crippen molar-refractivity contribution in [3.8, 4) is 0 Å². The molecule has 2 aromatic rings. The molecular weight excluding hydrogens is 517 g/mol. The van der Waals surface area contributed by atoms with Gasteiger partial charge in [0.25, 0.3) is 0 Å². The Kier molecular flexibility index (Phi) is 8.79. The lowest BCUT2D eigenvalue weighted by atomic mass is 9.88. The van der Waals surface area contributed by atoms with E-state index in [0.29, 0.717) is 55.8 Å². The van der Waals surface area contributed by atoms with Gasteiger partial charge in [-0.3, -0.25) is 9.69 Å². The van der Waals surface area contributed by atoms with Crippen molar-refractivity contribution in [3.63, 3.8) is 0 Å². The topological polar surface area (TPSA) is 53.1 Å². The molecule has 3 atom stereocenters. The number of amides is 2. The molecule has 8 heteroatoms. The van der Waals surface area contributed by atoms with Crippen LogP contribution in [0.1, 0.15) is 70.9 Å². The first-order valence-corrected chi connectivity index (χ1v) is 14.3. The monoisotopic (exact) mass is 557 g/mol. The van der Waals surface area contributed by atoms with Crippen molar-refractivity contribution < 1.29 is 18.7 Å². The Bertz CT molecular complexity index is 1170. The lowest BCUT2D eigenvalue weighted by Crippen LogP contribution is -2.56. The minimum absolute atomic E-state index is 0.0951. The molecular formula is C31H41ClFN3O3.